The maximum absolute atomic E-state index is 12.8. The highest BCUT2D eigenvalue weighted by Crippen LogP contribution is 2.40. The van der Waals surface area contributed by atoms with E-state index in [1.54, 1.807) is 33.3 Å². The second-order valence-electron chi connectivity index (χ2n) is 6.10. The van der Waals surface area contributed by atoms with Gasteiger partial charge >= 0.3 is 0 Å². The molecule has 6 heteroatoms. The molecule has 0 heterocycles. The number of hydrogen-bond acceptors (Lipinski definition) is 5. The van der Waals surface area contributed by atoms with E-state index in [1.807, 2.05) is 55.4 Å². The number of ether oxygens (including phenoxy) is 3. The Bertz CT molecular complexity index is 774. The minimum Gasteiger partial charge on any atom is -0.493 e. The zero-order valence-electron chi connectivity index (χ0n) is 16.2. The van der Waals surface area contributed by atoms with Crippen molar-refractivity contribution in [2.24, 2.45) is 0 Å². The van der Waals surface area contributed by atoms with Crippen LogP contribution in [-0.2, 0) is 6.54 Å². The van der Waals surface area contributed by atoms with Crippen molar-refractivity contribution in [3.63, 3.8) is 0 Å². The summed E-state index contributed by atoms with van der Waals surface area (Å²) < 4.78 is 16.2. The first-order valence-electron chi connectivity index (χ1n) is 8.23. The summed E-state index contributed by atoms with van der Waals surface area (Å²) in [5.74, 6) is 1.60. The molecule has 2 aromatic rings. The van der Waals surface area contributed by atoms with E-state index in [9.17, 15) is 4.79 Å². The average molecular weight is 358 g/mol. The lowest BCUT2D eigenvalue weighted by atomic mass is 10.1. The van der Waals surface area contributed by atoms with Gasteiger partial charge in [0.2, 0.25) is 5.75 Å². The maximum atomic E-state index is 12.8. The van der Waals surface area contributed by atoms with Gasteiger partial charge in [0.05, 0.1) is 21.3 Å². The number of benzene rings is 2. The molecule has 0 fully saturated rings. The molecule has 140 valence electrons. The quantitative estimate of drug-likeness (QED) is 0.761. The van der Waals surface area contributed by atoms with E-state index in [0.29, 0.717) is 29.4 Å². The van der Waals surface area contributed by atoms with Crippen molar-refractivity contribution in [3.05, 3.63) is 47.5 Å². The van der Waals surface area contributed by atoms with Gasteiger partial charge in [0.25, 0.3) is 5.91 Å². The van der Waals surface area contributed by atoms with Crippen LogP contribution in [0.25, 0.3) is 0 Å². The Morgan fingerprint density at radius 3 is 2.19 bits per heavy atom. The minimum absolute atomic E-state index is 0.0643. The van der Waals surface area contributed by atoms with Gasteiger partial charge in [-0.3, -0.25) is 4.79 Å². The van der Waals surface area contributed by atoms with Crippen LogP contribution < -0.4 is 19.1 Å². The normalized spacial score (nSPS) is 10.2. The molecule has 2 rings (SSSR count). The van der Waals surface area contributed by atoms with Gasteiger partial charge < -0.3 is 24.0 Å². The Labute approximate surface area is 154 Å². The van der Waals surface area contributed by atoms with Gasteiger partial charge in [0.15, 0.2) is 11.5 Å². The number of hydrogen-bond donors (Lipinski definition) is 0. The summed E-state index contributed by atoms with van der Waals surface area (Å²) in [6.07, 6.45) is 0. The highest BCUT2D eigenvalue weighted by Gasteiger charge is 2.19. The molecule has 0 atom stereocenters. The fourth-order valence-corrected chi connectivity index (χ4v) is 2.75. The van der Waals surface area contributed by atoms with Gasteiger partial charge in [-0.25, -0.2) is 0 Å². The molecule has 26 heavy (non-hydrogen) atoms. The lowest BCUT2D eigenvalue weighted by Gasteiger charge is -2.21. The van der Waals surface area contributed by atoms with Crippen molar-refractivity contribution >= 4 is 11.6 Å². The summed E-state index contributed by atoms with van der Waals surface area (Å²) in [6, 6.07) is 11.2. The lowest BCUT2D eigenvalue weighted by Crippen LogP contribution is -2.26. The molecule has 0 unspecified atom stereocenters. The Morgan fingerprint density at radius 2 is 1.62 bits per heavy atom. The minimum atomic E-state index is -0.0643. The second-order valence-corrected chi connectivity index (χ2v) is 6.10. The van der Waals surface area contributed by atoms with Crippen molar-refractivity contribution in [3.8, 4) is 17.2 Å². The van der Waals surface area contributed by atoms with Gasteiger partial charge in [-0.2, -0.15) is 0 Å². The van der Waals surface area contributed by atoms with Gasteiger partial charge in [-0.15, -0.1) is 0 Å². The first kappa shape index (κ1) is 19.4. The lowest BCUT2D eigenvalue weighted by molar-refractivity contribution is 0.0784. The highest BCUT2D eigenvalue weighted by atomic mass is 16.5. The van der Waals surface area contributed by atoms with Crippen molar-refractivity contribution in [2.45, 2.75) is 6.54 Å². The molecule has 6 nitrogen and oxygen atoms in total. The van der Waals surface area contributed by atoms with Crippen LogP contribution in [0, 0.1) is 0 Å². The third-order valence-electron chi connectivity index (χ3n) is 4.15. The summed E-state index contributed by atoms with van der Waals surface area (Å²) in [7, 11) is 10.4. The summed E-state index contributed by atoms with van der Waals surface area (Å²) in [5, 5.41) is 0. The number of anilines is 1. The molecule has 1 amide bonds. The van der Waals surface area contributed by atoms with E-state index in [-0.39, 0.29) is 5.91 Å². The summed E-state index contributed by atoms with van der Waals surface area (Å²) in [5.41, 5.74) is 2.45. The molecule has 0 aliphatic rings. The van der Waals surface area contributed by atoms with Crippen LogP contribution in [0.2, 0.25) is 0 Å². The van der Waals surface area contributed by atoms with Crippen LogP contribution in [0.4, 0.5) is 5.69 Å². The van der Waals surface area contributed by atoms with E-state index >= 15 is 0 Å². The van der Waals surface area contributed by atoms with Gasteiger partial charge in [0.1, 0.15) is 0 Å². The third kappa shape index (κ3) is 4.02. The van der Waals surface area contributed by atoms with E-state index in [0.717, 1.165) is 11.3 Å². The number of nitrogens with zero attached hydrogens (tertiary/aromatic N) is 2. The zero-order chi connectivity index (χ0) is 19.3. The molecular weight excluding hydrogens is 332 g/mol. The molecular formula is C20H26N2O4. The zero-order valence-corrected chi connectivity index (χ0v) is 16.2. The maximum Gasteiger partial charge on any atom is 0.253 e. The first-order valence-corrected chi connectivity index (χ1v) is 8.23. The smallest absolute Gasteiger partial charge is 0.253 e. The SMILES string of the molecule is COc1ccc(CN(C)C(=O)c2cccc(N(C)C)c2)c(OC)c1OC. The average Bonchev–Trinajstić information content (AvgIpc) is 2.66. The predicted molar refractivity (Wildman–Crippen MR) is 103 cm³/mol. The molecule has 0 N–H and O–H groups in total. The Hall–Kier alpha value is -2.89. The summed E-state index contributed by atoms with van der Waals surface area (Å²) >= 11 is 0. The Morgan fingerprint density at radius 1 is 0.923 bits per heavy atom. The highest BCUT2D eigenvalue weighted by molar-refractivity contribution is 5.95. The van der Waals surface area contributed by atoms with Crippen LogP contribution in [-0.4, -0.2) is 53.3 Å². The Balaban J connectivity index is 2.28. The fourth-order valence-electron chi connectivity index (χ4n) is 2.75. The van der Waals surface area contributed by atoms with Crippen molar-refractivity contribution in [2.75, 3.05) is 47.4 Å². The van der Waals surface area contributed by atoms with E-state index in [4.69, 9.17) is 14.2 Å². The standard InChI is InChI=1S/C20H26N2O4/c1-21(2)16-9-7-8-14(12-16)20(23)22(3)13-15-10-11-17(24-4)19(26-6)18(15)25-5/h7-12H,13H2,1-6H3. The molecule has 0 radical (unpaired) electrons. The number of amides is 1. The van der Waals surface area contributed by atoms with Crippen LogP contribution in [0.15, 0.2) is 36.4 Å². The summed E-state index contributed by atoms with van der Waals surface area (Å²) in [4.78, 5) is 16.4. The summed E-state index contributed by atoms with van der Waals surface area (Å²) in [6.45, 7) is 0.383. The number of rotatable bonds is 7. The number of carbonyl (C=O) groups is 1. The molecule has 0 spiro atoms. The molecule has 0 aromatic heterocycles. The first-order chi connectivity index (χ1) is 12.4. The van der Waals surface area contributed by atoms with Crippen LogP contribution in [0.5, 0.6) is 17.2 Å². The second kappa shape index (κ2) is 8.47. The molecule has 2 aromatic carbocycles. The molecule has 0 aliphatic heterocycles. The molecule has 0 saturated heterocycles. The molecule has 0 aliphatic carbocycles. The van der Waals surface area contributed by atoms with Gasteiger partial charge in [-0.05, 0) is 30.3 Å². The monoisotopic (exact) mass is 358 g/mol. The van der Waals surface area contributed by atoms with Gasteiger partial charge in [0, 0.05) is 44.5 Å². The topological polar surface area (TPSA) is 51.2 Å². The van der Waals surface area contributed by atoms with Gasteiger partial charge in [-0.1, -0.05) is 6.07 Å². The predicted octanol–water partition coefficient (Wildman–Crippen LogP) is 3.05. The molecule has 0 saturated carbocycles. The van der Waals surface area contributed by atoms with Crippen LogP contribution >= 0.6 is 0 Å². The van der Waals surface area contributed by atoms with Crippen LogP contribution in [0.1, 0.15) is 15.9 Å². The largest absolute Gasteiger partial charge is 0.493 e. The third-order valence-corrected chi connectivity index (χ3v) is 4.15. The van der Waals surface area contributed by atoms with Crippen molar-refractivity contribution in [1.29, 1.82) is 0 Å². The van der Waals surface area contributed by atoms with Crippen molar-refractivity contribution in [1.82, 2.24) is 4.90 Å². The van der Waals surface area contributed by atoms with Crippen LogP contribution in [0.3, 0.4) is 0 Å². The van der Waals surface area contributed by atoms with Crippen molar-refractivity contribution < 1.29 is 19.0 Å². The number of methoxy groups -OCH3 is 3. The van der Waals surface area contributed by atoms with E-state index < -0.39 is 0 Å². The van der Waals surface area contributed by atoms with E-state index in [2.05, 4.69) is 0 Å². The number of carbonyl (C=O) groups excluding carboxylic acids is 1. The van der Waals surface area contributed by atoms with E-state index in [1.165, 1.54) is 0 Å². The fraction of sp³-hybridized carbons (Fsp3) is 0.350. The Kier molecular flexibility index (Phi) is 6.33. The molecule has 0 bridgehead atoms.